The van der Waals surface area contributed by atoms with E-state index in [-0.39, 0.29) is 0 Å². The number of rotatable bonds is 0. The van der Waals surface area contributed by atoms with Crippen molar-refractivity contribution in [3.8, 4) is 0 Å². The first-order chi connectivity index (χ1) is 6.86. The Hall–Kier alpha value is -0.690. The zero-order valence-electron chi connectivity index (χ0n) is 8.31. The molecule has 3 rings (SSSR count). The molecule has 0 radical (unpaired) electrons. The summed E-state index contributed by atoms with van der Waals surface area (Å²) >= 11 is 2.04. The summed E-state index contributed by atoms with van der Waals surface area (Å²) in [6.07, 6.45) is 15.0. The second-order valence-electron chi connectivity index (χ2n) is 4.24. The van der Waals surface area contributed by atoms with Gasteiger partial charge >= 0.3 is 0 Å². The van der Waals surface area contributed by atoms with Gasteiger partial charge in [0.05, 0.1) is 0 Å². The first-order valence-corrected chi connectivity index (χ1v) is 6.16. The molecule has 1 heteroatoms. The van der Waals surface area contributed by atoms with Gasteiger partial charge in [0.25, 0.3) is 0 Å². The van der Waals surface area contributed by atoms with Crippen LogP contribution in [0.1, 0.15) is 13.3 Å². The van der Waals surface area contributed by atoms with E-state index >= 15 is 0 Å². The van der Waals surface area contributed by atoms with Crippen molar-refractivity contribution in [2.45, 2.75) is 18.6 Å². The minimum absolute atomic E-state index is 0.676. The highest BCUT2D eigenvalue weighted by Crippen LogP contribution is 2.50. The van der Waals surface area contributed by atoms with Crippen molar-refractivity contribution >= 4 is 11.8 Å². The highest BCUT2D eigenvalue weighted by atomic mass is 32.2. The average Bonchev–Trinajstić information content (AvgIpc) is 2.57. The van der Waals surface area contributed by atoms with Gasteiger partial charge < -0.3 is 0 Å². The zero-order valence-corrected chi connectivity index (χ0v) is 9.13. The molecule has 3 aliphatic rings. The summed E-state index contributed by atoms with van der Waals surface area (Å²) in [5, 5.41) is 0.676. The van der Waals surface area contributed by atoms with Crippen molar-refractivity contribution in [1.29, 1.82) is 0 Å². The topological polar surface area (TPSA) is 0 Å². The molecule has 0 amide bonds. The Morgan fingerprint density at radius 1 is 1.29 bits per heavy atom. The lowest BCUT2D eigenvalue weighted by Gasteiger charge is -2.23. The summed E-state index contributed by atoms with van der Waals surface area (Å²) in [5.74, 6) is 1.42. The van der Waals surface area contributed by atoms with E-state index in [0.29, 0.717) is 11.2 Å². The molecule has 0 saturated carbocycles. The number of thioether (sulfide) groups is 1. The fraction of sp³-hybridized carbons (Fsp3) is 0.385. The minimum Gasteiger partial charge on any atom is -0.118 e. The third kappa shape index (κ3) is 1.15. The molecule has 0 aromatic carbocycles. The lowest BCUT2D eigenvalue weighted by atomic mass is 9.81. The summed E-state index contributed by atoms with van der Waals surface area (Å²) in [7, 11) is 0. The van der Waals surface area contributed by atoms with Gasteiger partial charge in [0.15, 0.2) is 0 Å². The Morgan fingerprint density at radius 3 is 3.07 bits per heavy atom. The van der Waals surface area contributed by atoms with Crippen molar-refractivity contribution in [2.24, 2.45) is 11.8 Å². The van der Waals surface area contributed by atoms with Crippen molar-refractivity contribution in [1.82, 2.24) is 0 Å². The van der Waals surface area contributed by atoms with Gasteiger partial charge in [-0.05, 0) is 17.9 Å². The standard InChI is InChI=1S/C13H14S/c1-9-5-4-8-12-13(9)10-6-2-3-7-11(10)14-12/h2-4,6-11H,5H2,1H3. The second kappa shape index (κ2) is 3.16. The maximum atomic E-state index is 2.37. The number of hydrogen-bond acceptors (Lipinski definition) is 1. The largest absolute Gasteiger partial charge is 0.118 e. The van der Waals surface area contributed by atoms with E-state index in [0.717, 1.165) is 5.92 Å². The maximum absolute atomic E-state index is 2.37. The summed E-state index contributed by atoms with van der Waals surface area (Å²) < 4.78 is 0. The predicted molar refractivity (Wildman–Crippen MR) is 63.1 cm³/mol. The van der Waals surface area contributed by atoms with Crippen molar-refractivity contribution in [3.63, 3.8) is 0 Å². The number of fused-ring (bicyclic) bond motifs is 2. The fourth-order valence-electron chi connectivity index (χ4n) is 2.57. The molecule has 0 N–H and O–H groups in total. The van der Waals surface area contributed by atoms with Crippen LogP contribution in [0, 0.1) is 11.8 Å². The Morgan fingerprint density at radius 2 is 2.14 bits per heavy atom. The molecule has 0 aromatic heterocycles. The normalized spacial score (nSPS) is 38.8. The van der Waals surface area contributed by atoms with Crippen molar-refractivity contribution < 1.29 is 0 Å². The summed E-state index contributed by atoms with van der Waals surface area (Å²) in [4.78, 5) is 1.54. The molecular formula is C13H14S. The Balaban J connectivity index is 2.02. The van der Waals surface area contributed by atoms with Crippen LogP contribution in [-0.2, 0) is 0 Å². The Bertz CT molecular complexity index is 371. The van der Waals surface area contributed by atoms with Crippen LogP contribution >= 0.6 is 11.8 Å². The fourth-order valence-corrected chi connectivity index (χ4v) is 4.07. The Labute approximate surface area is 89.5 Å². The average molecular weight is 202 g/mol. The van der Waals surface area contributed by atoms with E-state index in [2.05, 4.69) is 43.4 Å². The SMILES string of the molecule is CC1CC=CC2=C1C1C=CC=CC1S2. The quantitative estimate of drug-likeness (QED) is 0.577. The van der Waals surface area contributed by atoms with Crippen LogP contribution in [0.5, 0.6) is 0 Å². The molecule has 1 heterocycles. The molecule has 0 bridgehead atoms. The molecule has 72 valence electrons. The molecule has 0 aromatic rings. The molecule has 2 aliphatic carbocycles. The van der Waals surface area contributed by atoms with Gasteiger partial charge in [-0.15, -0.1) is 11.8 Å². The van der Waals surface area contributed by atoms with Gasteiger partial charge in [0.1, 0.15) is 0 Å². The Kier molecular flexibility index (Phi) is 1.94. The smallest absolute Gasteiger partial charge is 0.0378 e. The van der Waals surface area contributed by atoms with Crippen LogP contribution in [0.3, 0.4) is 0 Å². The van der Waals surface area contributed by atoms with Gasteiger partial charge in [-0.1, -0.05) is 43.4 Å². The van der Waals surface area contributed by atoms with Gasteiger partial charge in [0.2, 0.25) is 0 Å². The molecule has 0 fully saturated rings. The molecule has 0 spiro atoms. The molecule has 1 aliphatic heterocycles. The third-order valence-corrected chi connectivity index (χ3v) is 4.63. The lowest BCUT2D eigenvalue weighted by molar-refractivity contribution is 0.601. The number of allylic oxidation sites excluding steroid dienone is 6. The zero-order chi connectivity index (χ0) is 9.54. The van der Waals surface area contributed by atoms with Crippen LogP contribution in [-0.4, -0.2) is 5.25 Å². The summed E-state index contributed by atoms with van der Waals surface area (Å²) in [5.41, 5.74) is 1.68. The van der Waals surface area contributed by atoms with E-state index in [4.69, 9.17) is 0 Å². The van der Waals surface area contributed by atoms with Crippen LogP contribution < -0.4 is 0 Å². The highest BCUT2D eigenvalue weighted by Gasteiger charge is 2.35. The maximum Gasteiger partial charge on any atom is 0.0378 e. The predicted octanol–water partition coefficient (Wildman–Crippen LogP) is 3.69. The van der Waals surface area contributed by atoms with Crippen LogP contribution in [0.25, 0.3) is 0 Å². The highest BCUT2D eigenvalue weighted by molar-refractivity contribution is 8.04. The van der Waals surface area contributed by atoms with Crippen molar-refractivity contribution in [2.75, 3.05) is 0 Å². The van der Waals surface area contributed by atoms with Crippen LogP contribution in [0.15, 0.2) is 46.9 Å². The molecule has 0 nitrogen and oxygen atoms in total. The first-order valence-electron chi connectivity index (χ1n) is 5.28. The van der Waals surface area contributed by atoms with Crippen LogP contribution in [0.2, 0.25) is 0 Å². The van der Waals surface area contributed by atoms with Crippen molar-refractivity contribution in [3.05, 3.63) is 46.9 Å². The molecule has 14 heavy (non-hydrogen) atoms. The molecule has 3 unspecified atom stereocenters. The van der Waals surface area contributed by atoms with Gasteiger partial charge in [0, 0.05) is 16.1 Å². The molecular weight excluding hydrogens is 188 g/mol. The third-order valence-electron chi connectivity index (χ3n) is 3.28. The van der Waals surface area contributed by atoms with Gasteiger partial charge in [-0.2, -0.15) is 0 Å². The van der Waals surface area contributed by atoms with E-state index in [1.54, 1.807) is 5.57 Å². The van der Waals surface area contributed by atoms with E-state index in [1.165, 1.54) is 11.3 Å². The first kappa shape index (κ1) is 8.60. The number of hydrogen-bond donors (Lipinski definition) is 0. The van der Waals surface area contributed by atoms with E-state index < -0.39 is 0 Å². The van der Waals surface area contributed by atoms with E-state index in [9.17, 15) is 0 Å². The van der Waals surface area contributed by atoms with Crippen LogP contribution in [0.4, 0.5) is 0 Å². The second-order valence-corrected chi connectivity index (χ2v) is 5.46. The van der Waals surface area contributed by atoms with E-state index in [1.807, 2.05) is 11.8 Å². The summed E-state index contributed by atoms with van der Waals surface area (Å²) in [6, 6.07) is 0. The molecule has 3 atom stereocenters. The van der Waals surface area contributed by atoms with Gasteiger partial charge in [-0.3, -0.25) is 0 Å². The summed E-state index contributed by atoms with van der Waals surface area (Å²) in [6.45, 7) is 2.36. The molecule has 0 saturated heterocycles. The minimum atomic E-state index is 0.676. The lowest BCUT2D eigenvalue weighted by Crippen LogP contribution is -2.16. The van der Waals surface area contributed by atoms with Gasteiger partial charge in [-0.25, -0.2) is 0 Å². The monoisotopic (exact) mass is 202 g/mol.